The summed E-state index contributed by atoms with van der Waals surface area (Å²) in [6, 6.07) is 10.7. The molecule has 3 heterocycles. The van der Waals surface area contributed by atoms with Gasteiger partial charge < -0.3 is 4.57 Å². The number of nitrogens with one attached hydrogen (secondary N) is 1. The summed E-state index contributed by atoms with van der Waals surface area (Å²) >= 11 is 1.19. The van der Waals surface area contributed by atoms with Crippen molar-refractivity contribution in [3.05, 3.63) is 47.6 Å². The molecule has 25 heavy (non-hydrogen) atoms. The van der Waals surface area contributed by atoms with Crippen LogP contribution in [0.15, 0.2) is 46.0 Å². The monoisotopic (exact) mass is 374 g/mol. The number of benzene rings is 1. The molecule has 0 saturated carbocycles. The van der Waals surface area contributed by atoms with Crippen LogP contribution in [-0.4, -0.2) is 23.2 Å². The first-order valence-corrected chi connectivity index (χ1v) is 10.6. The molecule has 0 spiro atoms. The van der Waals surface area contributed by atoms with Gasteiger partial charge in [0.05, 0.1) is 5.69 Å². The van der Waals surface area contributed by atoms with Crippen molar-refractivity contribution in [2.24, 2.45) is 0 Å². The molecule has 6 nitrogen and oxygen atoms in total. The van der Waals surface area contributed by atoms with Crippen LogP contribution in [0.1, 0.15) is 25.1 Å². The normalized spacial score (nSPS) is 14.7. The first-order valence-electron chi connectivity index (χ1n) is 8.23. The first-order chi connectivity index (χ1) is 12.1. The molecule has 2 aromatic heterocycles. The first kappa shape index (κ1) is 16.3. The molecule has 0 atom stereocenters. The average Bonchev–Trinajstić information content (AvgIpc) is 3.22. The van der Waals surface area contributed by atoms with E-state index < -0.39 is 10.0 Å². The second-order valence-electron chi connectivity index (χ2n) is 5.99. The van der Waals surface area contributed by atoms with Crippen LogP contribution in [0.5, 0.6) is 0 Å². The average molecular weight is 374 g/mol. The summed E-state index contributed by atoms with van der Waals surface area (Å²) in [4.78, 5) is 0. The minimum Gasteiger partial charge on any atom is -0.311 e. The molecule has 130 valence electrons. The summed E-state index contributed by atoms with van der Waals surface area (Å²) in [6.45, 7) is 0.865. The van der Waals surface area contributed by atoms with Gasteiger partial charge in [-0.1, -0.05) is 24.6 Å². The fourth-order valence-corrected chi connectivity index (χ4v) is 5.14. The number of aromatic nitrogens is 3. The van der Waals surface area contributed by atoms with Gasteiger partial charge in [-0.15, -0.1) is 21.5 Å². The zero-order valence-corrected chi connectivity index (χ0v) is 15.2. The Morgan fingerprint density at radius 3 is 2.76 bits per heavy atom. The molecule has 4 rings (SSSR count). The van der Waals surface area contributed by atoms with Crippen molar-refractivity contribution in [1.29, 1.82) is 0 Å². The van der Waals surface area contributed by atoms with Gasteiger partial charge in [-0.3, -0.25) is 4.72 Å². The molecule has 0 saturated heterocycles. The fourth-order valence-electron chi connectivity index (χ4n) is 3.06. The van der Waals surface area contributed by atoms with Crippen LogP contribution >= 0.6 is 11.3 Å². The Labute approximate surface area is 150 Å². The Morgan fingerprint density at radius 2 is 1.92 bits per heavy atom. The maximum Gasteiger partial charge on any atom is 0.271 e. The number of hydrogen-bond acceptors (Lipinski definition) is 5. The van der Waals surface area contributed by atoms with Crippen LogP contribution in [0, 0.1) is 0 Å². The summed E-state index contributed by atoms with van der Waals surface area (Å²) in [5.74, 6) is 1.70. The summed E-state index contributed by atoms with van der Waals surface area (Å²) in [5, 5.41) is 10.4. The van der Waals surface area contributed by atoms with Gasteiger partial charge in [0, 0.05) is 18.5 Å². The Balaban J connectivity index is 1.75. The van der Waals surface area contributed by atoms with Gasteiger partial charge in [0.1, 0.15) is 10.0 Å². The lowest BCUT2D eigenvalue weighted by Crippen LogP contribution is -2.13. The van der Waals surface area contributed by atoms with Crippen LogP contribution in [0.4, 0.5) is 5.69 Å². The molecule has 0 radical (unpaired) electrons. The van der Waals surface area contributed by atoms with Gasteiger partial charge >= 0.3 is 0 Å². The molecule has 1 aliphatic heterocycles. The van der Waals surface area contributed by atoms with Crippen LogP contribution in [0.25, 0.3) is 11.4 Å². The molecular formula is C17H18N4O2S2. The quantitative estimate of drug-likeness (QED) is 0.758. The van der Waals surface area contributed by atoms with Crippen molar-refractivity contribution in [2.75, 3.05) is 4.72 Å². The second kappa shape index (κ2) is 6.61. The smallest absolute Gasteiger partial charge is 0.271 e. The second-order valence-corrected chi connectivity index (χ2v) is 8.84. The topological polar surface area (TPSA) is 76.9 Å². The van der Waals surface area contributed by atoms with Gasteiger partial charge in [-0.2, -0.15) is 0 Å². The summed E-state index contributed by atoms with van der Waals surface area (Å²) < 4.78 is 30.3. The molecule has 3 aromatic rings. The predicted octanol–water partition coefficient (Wildman–Crippen LogP) is 3.53. The van der Waals surface area contributed by atoms with E-state index in [4.69, 9.17) is 0 Å². The molecule has 0 unspecified atom stereocenters. The van der Waals surface area contributed by atoms with E-state index >= 15 is 0 Å². The third-order valence-electron chi connectivity index (χ3n) is 4.28. The van der Waals surface area contributed by atoms with E-state index in [1.54, 1.807) is 23.6 Å². The molecule has 8 heteroatoms. The van der Waals surface area contributed by atoms with Crippen LogP contribution in [0.3, 0.4) is 0 Å². The summed E-state index contributed by atoms with van der Waals surface area (Å²) in [5.41, 5.74) is 1.28. The highest BCUT2D eigenvalue weighted by Crippen LogP contribution is 2.31. The van der Waals surface area contributed by atoms with E-state index in [1.807, 2.05) is 18.2 Å². The molecule has 1 N–H and O–H groups in total. The highest BCUT2D eigenvalue weighted by atomic mass is 32.2. The highest BCUT2D eigenvalue weighted by molar-refractivity contribution is 7.94. The third-order valence-corrected chi connectivity index (χ3v) is 7.04. The Hall–Kier alpha value is -2.19. The number of rotatable bonds is 4. The highest BCUT2D eigenvalue weighted by Gasteiger charge is 2.21. The Bertz CT molecular complexity index is 978. The minimum atomic E-state index is -3.60. The zero-order valence-electron chi connectivity index (χ0n) is 13.6. The largest absolute Gasteiger partial charge is 0.311 e. The van der Waals surface area contributed by atoms with Crippen molar-refractivity contribution in [3.8, 4) is 11.4 Å². The summed E-state index contributed by atoms with van der Waals surface area (Å²) in [7, 11) is -3.60. The third kappa shape index (κ3) is 3.19. The van der Waals surface area contributed by atoms with Gasteiger partial charge in [-0.25, -0.2) is 8.42 Å². The molecule has 1 aromatic carbocycles. The van der Waals surface area contributed by atoms with Crippen molar-refractivity contribution in [1.82, 2.24) is 14.8 Å². The van der Waals surface area contributed by atoms with Gasteiger partial charge in [0.15, 0.2) is 5.82 Å². The predicted molar refractivity (Wildman–Crippen MR) is 98.1 cm³/mol. The maximum atomic E-state index is 12.6. The Kier molecular flexibility index (Phi) is 4.30. The molecule has 0 aliphatic carbocycles. The molecule has 1 aliphatic rings. The van der Waals surface area contributed by atoms with Gasteiger partial charge in [-0.05, 0) is 36.4 Å². The lowest BCUT2D eigenvalue weighted by atomic mass is 10.1. The number of thiophene rings is 1. The van der Waals surface area contributed by atoms with E-state index in [9.17, 15) is 8.42 Å². The minimum absolute atomic E-state index is 0.294. The molecule has 0 bridgehead atoms. The van der Waals surface area contributed by atoms with E-state index in [1.165, 1.54) is 17.8 Å². The fraction of sp³-hybridized carbons (Fsp3) is 0.294. The summed E-state index contributed by atoms with van der Waals surface area (Å²) in [6.07, 6.45) is 4.29. The number of anilines is 1. The zero-order chi connectivity index (χ0) is 17.3. The lowest BCUT2D eigenvalue weighted by molar-refractivity contribution is 0.603. The van der Waals surface area contributed by atoms with Crippen molar-refractivity contribution in [2.45, 2.75) is 36.4 Å². The number of sulfonamides is 1. The van der Waals surface area contributed by atoms with E-state index in [-0.39, 0.29) is 0 Å². The van der Waals surface area contributed by atoms with Crippen LogP contribution in [-0.2, 0) is 23.0 Å². The van der Waals surface area contributed by atoms with E-state index in [0.29, 0.717) is 9.90 Å². The standard InChI is InChI=1S/C17H18N4O2S2/c22-25(23,16-10-6-12-24-16)20-14-8-4-3-7-13(14)17-19-18-15-9-2-1-5-11-21(15)17/h3-4,6-8,10,12,20H,1-2,5,9,11H2. The Morgan fingerprint density at radius 1 is 1.04 bits per heavy atom. The number of fused-ring (bicyclic) bond motifs is 1. The van der Waals surface area contributed by atoms with Crippen molar-refractivity contribution >= 4 is 27.0 Å². The number of nitrogens with zero attached hydrogens (tertiary/aromatic N) is 3. The molecule has 0 amide bonds. The van der Waals surface area contributed by atoms with E-state index in [2.05, 4.69) is 19.5 Å². The number of para-hydroxylation sites is 1. The van der Waals surface area contributed by atoms with Crippen LogP contribution < -0.4 is 4.72 Å². The molecular weight excluding hydrogens is 356 g/mol. The number of hydrogen-bond donors (Lipinski definition) is 1. The maximum absolute atomic E-state index is 12.6. The van der Waals surface area contributed by atoms with Crippen molar-refractivity contribution < 1.29 is 8.42 Å². The SMILES string of the molecule is O=S(=O)(Nc1ccccc1-c1nnc2n1CCCCC2)c1cccs1. The molecule has 0 fully saturated rings. The van der Waals surface area contributed by atoms with Gasteiger partial charge in [0.25, 0.3) is 10.0 Å². The van der Waals surface area contributed by atoms with Crippen molar-refractivity contribution in [3.63, 3.8) is 0 Å². The van der Waals surface area contributed by atoms with Crippen LogP contribution in [0.2, 0.25) is 0 Å². The lowest BCUT2D eigenvalue weighted by Gasteiger charge is -2.13. The van der Waals surface area contributed by atoms with Gasteiger partial charge in [0.2, 0.25) is 0 Å². The number of aryl methyl sites for hydroxylation is 1. The van der Waals surface area contributed by atoms with E-state index in [0.717, 1.165) is 43.0 Å².